The van der Waals surface area contributed by atoms with Crippen LogP contribution in [0.1, 0.15) is 6.42 Å². The molecule has 7 heteroatoms. The first-order valence-corrected chi connectivity index (χ1v) is 9.32. The van der Waals surface area contributed by atoms with Gasteiger partial charge in [-0.05, 0) is 42.8 Å². The molecule has 3 aromatic rings. The lowest BCUT2D eigenvalue weighted by atomic mass is 10.1. The molecule has 116 valence electrons. The molecule has 0 bridgehead atoms. The van der Waals surface area contributed by atoms with E-state index in [1.807, 2.05) is 41.0 Å². The van der Waals surface area contributed by atoms with Crippen molar-refractivity contribution in [3.63, 3.8) is 0 Å². The molecule has 3 rings (SSSR count). The predicted octanol–water partition coefficient (Wildman–Crippen LogP) is 4.67. The van der Waals surface area contributed by atoms with Crippen molar-refractivity contribution < 1.29 is 14.4 Å². The molecule has 22 heavy (non-hydrogen) atoms. The van der Waals surface area contributed by atoms with Crippen molar-refractivity contribution in [1.29, 1.82) is 0 Å². The SMILES string of the molecule is O=P(O)(O)CCCn1c2ccc(Cl)cc2c2cc(Cl)ccc21. The molecule has 1 heterocycles. The van der Waals surface area contributed by atoms with Crippen LogP contribution in [-0.4, -0.2) is 20.5 Å². The fourth-order valence-electron chi connectivity index (χ4n) is 2.72. The molecule has 4 nitrogen and oxygen atoms in total. The van der Waals surface area contributed by atoms with E-state index in [1.165, 1.54) is 0 Å². The fourth-order valence-corrected chi connectivity index (χ4v) is 3.62. The Morgan fingerprint density at radius 3 is 1.91 bits per heavy atom. The average Bonchev–Trinajstić information content (AvgIpc) is 2.71. The van der Waals surface area contributed by atoms with E-state index in [1.54, 1.807) is 0 Å². The lowest BCUT2D eigenvalue weighted by molar-refractivity contribution is 0.370. The van der Waals surface area contributed by atoms with Gasteiger partial charge in [0.1, 0.15) is 0 Å². The second-order valence-electron chi connectivity index (χ2n) is 5.22. The van der Waals surface area contributed by atoms with Crippen LogP contribution in [0.5, 0.6) is 0 Å². The number of aromatic nitrogens is 1. The number of halogens is 2. The van der Waals surface area contributed by atoms with Gasteiger partial charge in [0.2, 0.25) is 0 Å². The summed E-state index contributed by atoms with van der Waals surface area (Å²) in [5.74, 6) is 0. The molecule has 0 saturated carbocycles. The van der Waals surface area contributed by atoms with Crippen LogP contribution in [0.15, 0.2) is 36.4 Å². The third-order valence-corrected chi connectivity index (χ3v) is 4.99. The van der Waals surface area contributed by atoms with Gasteiger partial charge in [-0.25, -0.2) is 0 Å². The Morgan fingerprint density at radius 2 is 1.45 bits per heavy atom. The Morgan fingerprint density at radius 1 is 0.955 bits per heavy atom. The maximum absolute atomic E-state index is 11.0. The fraction of sp³-hybridized carbons (Fsp3) is 0.200. The highest BCUT2D eigenvalue weighted by molar-refractivity contribution is 7.51. The van der Waals surface area contributed by atoms with Crippen LogP contribution >= 0.6 is 30.8 Å². The van der Waals surface area contributed by atoms with Gasteiger partial charge in [-0.15, -0.1) is 0 Å². The summed E-state index contributed by atoms with van der Waals surface area (Å²) in [7, 11) is -3.98. The zero-order chi connectivity index (χ0) is 15.9. The summed E-state index contributed by atoms with van der Waals surface area (Å²) in [6, 6.07) is 11.2. The number of nitrogens with zero attached hydrogens (tertiary/aromatic N) is 1. The molecular weight excluding hydrogens is 344 g/mol. The summed E-state index contributed by atoms with van der Waals surface area (Å²) in [5.41, 5.74) is 1.96. The van der Waals surface area contributed by atoms with Crippen LogP contribution in [-0.2, 0) is 11.1 Å². The molecule has 2 N–H and O–H groups in total. The van der Waals surface area contributed by atoms with Crippen molar-refractivity contribution in [2.45, 2.75) is 13.0 Å². The zero-order valence-electron chi connectivity index (χ0n) is 11.5. The predicted molar refractivity (Wildman–Crippen MR) is 91.0 cm³/mol. The normalized spacial score (nSPS) is 12.4. The molecule has 0 fully saturated rings. The van der Waals surface area contributed by atoms with Crippen LogP contribution in [0.3, 0.4) is 0 Å². The molecule has 0 aliphatic rings. The van der Waals surface area contributed by atoms with E-state index < -0.39 is 7.60 Å². The van der Waals surface area contributed by atoms with Crippen LogP contribution in [0.4, 0.5) is 0 Å². The number of fused-ring (bicyclic) bond motifs is 3. The maximum atomic E-state index is 11.0. The van der Waals surface area contributed by atoms with E-state index in [0.717, 1.165) is 21.8 Å². The van der Waals surface area contributed by atoms with Gasteiger partial charge in [0.05, 0.1) is 6.16 Å². The summed E-state index contributed by atoms with van der Waals surface area (Å²) in [5, 5.41) is 3.26. The Balaban J connectivity index is 2.12. The quantitative estimate of drug-likeness (QED) is 0.667. The highest BCUT2D eigenvalue weighted by atomic mass is 35.5. The van der Waals surface area contributed by atoms with Crippen molar-refractivity contribution in [2.75, 3.05) is 6.16 Å². The third kappa shape index (κ3) is 3.17. The van der Waals surface area contributed by atoms with Gasteiger partial charge in [-0.2, -0.15) is 0 Å². The molecule has 0 saturated heterocycles. The molecule has 0 aliphatic carbocycles. The van der Waals surface area contributed by atoms with Crippen molar-refractivity contribution in [1.82, 2.24) is 4.57 Å². The molecule has 0 aliphatic heterocycles. The third-order valence-electron chi connectivity index (χ3n) is 3.62. The molecule has 1 aromatic heterocycles. The van der Waals surface area contributed by atoms with E-state index in [2.05, 4.69) is 0 Å². The zero-order valence-corrected chi connectivity index (χ0v) is 13.9. The first kappa shape index (κ1) is 15.9. The Kier molecular flexibility index (Phi) is 4.23. The van der Waals surface area contributed by atoms with Gasteiger partial charge >= 0.3 is 7.60 Å². The van der Waals surface area contributed by atoms with Gasteiger partial charge in [-0.1, -0.05) is 23.2 Å². The average molecular weight is 358 g/mol. The number of aryl methyl sites for hydroxylation is 1. The minimum Gasteiger partial charge on any atom is -0.340 e. The van der Waals surface area contributed by atoms with Gasteiger partial charge in [0.15, 0.2) is 0 Å². The molecule has 0 radical (unpaired) electrons. The molecular formula is C15H14Cl2NO3P. The number of hydrogen-bond donors (Lipinski definition) is 2. The highest BCUT2D eigenvalue weighted by Gasteiger charge is 2.15. The largest absolute Gasteiger partial charge is 0.340 e. The van der Waals surface area contributed by atoms with E-state index >= 15 is 0 Å². The maximum Gasteiger partial charge on any atom is 0.325 e. The van der Waals surface area contributed by atoms with Crippen LogP contribution in [0.25, 0.3) is 21.8 Å². The van der Waals surface area contributed by atoms with Crippen LogP contribution < -0.4 is 0 Å². The minimum atomic E-state index is -3.98. The summed E-state index contributed by atoms with van der Waals surface area (Å²) in [6.07, 6.45) is 0.268. The lowest BCUT2D eigenvalue weighted by Gasteiger charge is -2.08. The molecule has 0 unspecified atom stereocenters. The van der Waals surface area contributed by atoms with Gasteiger partial charge < -0.3 is 14.4 Å². The second-order valence-corrected chi connectivity index (χ2v) is 7.87. The van der Waals surface area contributed by atoms with E-state index in [0.29, 0.717) is 23.0 Å². The van der Waals surface area contributed by atoms with Crippen LogP contribution in [0, 0.1) is 0 Å². The number of rotatable bonds is 4. The molecule has 0 atom stereocenters. The van der Waals surface area contributed by atoms with Crippen LogP contribution in [0.2, 0.25) is 10.0 Å². The van der Waals surface area contributed by atoms with Crippen molar-refractivity contribution in [3.05, 3.63) is 46.4 Å². The standard InChI is InChI=1S/C15H14Cl2NO3P/c16-10-2-4-14-12(8-10)13-9-11(17)3-5-15(13)18(14)6-1-7-22(19,20)21/h2-5,8-9H,1,6-7H2,(H2,19,20,21). The number of benzene rings is 2. The van der Waals surface area contributed by atoms with Crippen molar-refractivity contribution in [2.24, 2.45) is 0 Å². The summed E-state index contributed by atoms with van der Waals surface area (Å²) >= 11 is 12.2. The Labute approximate surface area is 137 Å². The van der Waals surface area contributed by atoms with E-state index in [-0.39, 0.29) is 6.16 Å². The van der Waals surface area contributed by atoms with Crippen molar-refractivity contribution >= 4 is 52.6 Å². The van der Waals surface area contributed by atoms with E-state index in [4.69, 9.17) is 33.0 Å². The second kappa shape index (κ2) is 5.88. The van der Waals surface area contributed by atoms with Gasteiger partial charge in [0.25, 0.3) is 0 Å². The van der Waals surface area contributed by atoms with Crippen molar-refractivity contribution in [3.8, 4) is 0 Å². The topological polar surface area (TPSA) is 62.5 Å². The molecule has 0 spiro atoms. The van der Waals surface area contributed by atoms with Gasteiger partial charge in [0, 0.05) is 38.4 Å². The number of hydrogen-bond acceptors (Lipinski definition) is 1. The first-order chi connectivity index (χ1) is 10.3. The Bertz CT molecular complexity index is 841. The highest BCUT2D eigenvalue weighted by Crippen LogP contribution is 2.36. The molecule has 0 amide bonds. The minimum absolute atomic E-state index is 0.130. The smallest absolute Gasteiger partial charge is 0.325 e. The monoisotopic (exact) mass is 357 g/mol. The first-order valence-electron chi connectivity index (χ1n) is 6.77. The summed E-state index contributed by atoms with van der Waals surface area (Å²) in [4.78, 5) is 18.0. The van der Waals surface area contributed by atoms with E-state index in [9.17, 15) is 4.57 Å². The molecule has 2 aromatic carbocycles. The summed E-state index contributed by atoms with van der Waals surface area (Å²) in [6.45, 7) is 0.522. The van der Waals surface area contributed by atoms with Gasteiger partial charge in [-0.3, -0.25) is 4.57 Å². The summed E-state index contributed by atoms with van der Waals surface area (Å²) < 4.78 is 13.1. The Hall–Kier alpha value is -1.03. The lowest BCUT2D eigenvalue weighted by Crippen LogP contribution is -2.00.